The van der Waals surface area contributed by atoms with Crippen LogP contribution in [0.4, 0.5) is 5.69 Å². The molecule has 1 aromatic rings. The Balaban J connectivity index is 1.55. The van der Waals surface area contributed by atoms with Gasteiger partial charge in [-0.25, -0.2) is 0 Å². The third kappa shape index (κ3) is 2.35. The minimum absolute atomic E-state index is 0.219. The van der Waals surface area contributed by atoms with Gasteiger partial charge in [-0.2, -0.15) is 0 Å². The zero-order valence-corrected chi connectivity index (χ0v) is 13.5. The fourth-order valence-corrected chi connectivity index (χ4v) is 5.12. The first-order chi connectivity index (χ1) is 10.8. The SMILES string of the molecule is CC[C@H]1CN2CC[C@H]1C[C@@H]2[C@H](O)C1CCNc2ccccc21. The molecule has 3 heteroatoms. The Morgan fingerprint density at radius 1 is 1.32 bits per heavy atom. The molecular formula is C19H28N2O. The van der Waals surface area contributed by atoms with Gasteiger partial charge in [0.15, 0.2) is 0 Å². The lowest BCUT2D eigenvalue weighted by atomic mass is 9.71. The van der Waals surface area contributed by atoms with Crippen LogP contribution in [0.5, 0.6) is 0 Å². The molecule has 4 aliphatic rings. The average molecular weight is 300 g/mol. The quantitative estimate of drug-likeness (QED) is 0.900. The van der Waals surface area contributed by atoms with E-state index in [0.29, 0.717) is 12.0 Å². The molecular weight excluding hydrogens is 272 g/mol. The number of hydrogen-bond acceptors (Lipinski definition) is 3. The van der Waals surface area contributed by atoms with Crippen LogP contribution >= 0.6 is 0 Å². The van der Waals surface area contributed by atoms with E-state index in [2.05, 4.69) is 41.4 Å². The van der Waals surface area contributed by atoms with Crippen molar-refractivity contribution in [2.75, 3.05) is 25.0 Å². The molecule has 0 radical (unpaired) electrons. The first kappa shape index (κ1) is 14.5. The smallest absolute Gasteiger partial charge is 0.0765 e. The van der Waals surface area contributed by atoms with Crippen molar-refractivity contribution in [2.24, 2.45) is 11.8 Å². The van der Waals surface area contributed by atoms with Crippen LogP contribution in [0, 0.1) is 11.8 Å². The molecule has 0 spiro atoms. The van der Waals surface area contributed by atoms with Gasteiger partial charge in [0.2, 0.25) is 0 Å². The number of rotatable bonds is 3. The van der Waals surface area contributed by atoms with Gasteiger partial charge in [-0.15, -0.1) is 0 Å². The number of benzene rings is 1. The van der Waals surface area contributed by atoms with Crippen LogP contribution < -0.4 is 5.32 Å². The molecule has 3 fully saturated rings. The summed E-state index contributed by atoms with van der Waals surface area (Å²) in [5.41, 5.74) is 2.54. The van der Waals surface area contributed by atoms with Gasteiger partial charge < -0.3 is 10.4 Å². The van der Waals surface area contributed by atoms with Gasteiger partial charge in [0, 0.05) is 30.7 Å². The number of aliphatic hydroxyl groups excluding tert-OH is 1. The van der Waals surface area contributed by atoms with Crippen LogP contribution in [-0.4, -0.2) is 41.8 Å². The second kappa shape index (κ2) is 5.86. The number of fused-ring (bicyclic) bond motifs is 4. The van der Waals surface area contributed by atoms with Crippen LogP contribution in [0.1, 0.15) is 44.1 Å². The van der Waals surface area contributed by atoms with Gasteiger partial charge in [-0.3, -0.25) is 4.90 Å². The molecule has 2 bridgehead atoms. The summed E-state index contributed by atoms with van der Waals surface area (Å²) in [6.07, 6.45) is 4.66. The van der Waals surface area contributed by atoms with Crippen molar-refractivity contribution in [3.63, 3.8) is 0 Å². The van der Waals surface area contributed by atoms with Gasteiger partial charge in [-0.05, 0) is 49.3 Å². The Kier molecular flexibility index (Phi) is 3.87. The summed E-state index contributed by atoms with van der Waals surface area (Å²) in [6.45, 7) is 5.69. The highest BCUT2D eigenvalue weighted by atomic mass is 16.3. The Bertz CT molecular complexity index is 532. The maximum Gasteiger partial charge on any atom is 0.0765 e. The van der Waals surface area contributed by atoms with Crippen LogP contribution in [0.15, 0.2) is 24.3 Å². The lowest BCUT2D eigenvalue weighted by molar-refractivity contribution is -0.0638. The number of anilines is 1. The molecule has 4 aliphatic heterocycles. The summed E-state index contributed by atoms with van der Waals surface area (Å²) in [5, 5.41) is 14.6. The summed E-state index contributed by atoms with van der Waals surface area (Å²) in [5.74, 6) is 1.99. The van der Waals surface area contributed by atoms with Crippen molar-refractivity contribution in [1.82, 2.24) is 4.90 Å². The lowest BCUT2D eigenvalue weighted by Crippen LogP contribution is -2.58. The summed E-state index contributed by atoms with van der Waals surface area (Å²) in [6, 6.07) is 8.90. The standard InChI is InChI=1S/C19H28N2O/c1-2-13-12-21-10-8-14(13)11-18(21)19(22)16-7-9-20-17-6-4-3-5-15(16)17/h3-6,13-14,16,18-20,22H,2,7-12H2,1H3/t13-,14-,16?,18+,19+/m0/s1. The normalized spacial score (nSPS) is 38.2. The highest BCUT2D eigenvalue weighted by molar-refractivity contribution is 5.55. The maximum absolute atomic E-state index is 11.2. The van der Waals surface area contributed by atoms with Crippen molar-refractivity contribution in [3.05, 3.63) is 29.8 Å². The number of piperidine rings is 3. The van der Waals surface area contributed by atoms with Crippen LogP contribution in [0.3, 0.4) is 0 Å². The van der Waals surface area contributed by atoms with Crippen molar-refractivity contribution in [1.29, 1.82) is 0 Å². The van der Waals surface area contributed by atoms with E-state index in [9.17, 15) is 5.11 Å². The highest BCUT2D eigenvalue weighted by Crippen LogP contribution is 2.43. The third-order valence-electron chi connectivity index (χ3n) is 6.40. The predicted molar refractivity (Wildman–Crippen MR) is 90.2 cm³/mol. The molecule has 0 saturated carbocycles. The zero-order valence-electron chi connectivity index (χ0n) is 13.5. The van der Waals surface area contributed by atoms with Gasteiger partial charge in [0.05, 0.1) is 6.10 Å². The monoisotopic (exact) mass is 300 g/mol. The molecule has 2 N–H and O–H groups in total. The van der Waals surface area contributed by atoms with Gasteiger partial charge in [0.25, 0.3) is 0 Å². The van der Waals surface area contributed by atoms with Gasteiger partial charge >= 0.3 is 0 Å². The average Bonchev–Trinajstić information content (AvgIpc) is 2.60. The largest absolute Gasteiger partial charge is 0.391 e. The van der Waals surface area contributed by atoms with Crippen molar-refractivity contribution < 1.29 is 5.11 Å². The minimum Gasteiger partial charge on any atom is -0.391 e. The van der Waals surface area contributed by atoms with Crippen molar-refractivity contribution in [2.45, 2.75) is 50.7 Å². The molecule has 4 heterocycles. The van der Waals surface area contributed by atoms with E-state index in [1.54, 1.807) is 0 Å². The van der Waals surface area contributed by atoms with Gasteiger partial charge in [0.1, 0.15) is 0 Å². The molecule has 5 rings (SSSR count). The predicted octanol–water partition coefficient (Wildman–Crippen LogP) is 3.07. The molecule has 2 unspecified atom stereocenters. The molecule has 0 amide bonds. The van der Waals surface area contributed by atoms with E-state index in [-0.39, 0.29) is 6.10 Å². The van der Waals surface area contributed by atoms with E-state index in [4.69, 9.17) is 0 Å². The maximum atomic E-state index is 11.2. The van der Waals surface area contributed by atoms with Gasteiger partial charge in [-0.1, -0.05) is 31.5 Å². The Morgan fingerprint density at radius 3 is 2.95 bits per heavy atom. The zero-order chi connectivity index (χ0) is 15.1. The van der Waals surface area contributed by atoms with E-state index in [0.717, 1.165) is 24.8 Å². The fraction of sp³-hybridized carbons (Fsp3) is 0.684. The van der Waals surface area contributed by atoms with Crippen LogP contribution in [0.2, 0.25) is 0 Å². The van der Waals surface area contributed by atoms with E-state index in [1.807, 2.05) is 0 Å². The second-order valence-electron chi connectivity index (χ2n) is 7.41. The van der Waals surface area contributed by atoms with Crippen molar-refractivity contribution in [3.8, 4) is 0 Å². The first-order valence-corrected chi connectivity index (χ1v) is 9.03. The summed E-state index contributed by atoms with van der Waals surface area (Å²) < 4.78 is 0. The molecule has 6 atom stereocenters. The van der Waals surface area contributed by atoms with Crippen LogP contribution in [-0.2, 0) is 0 Å². The number of nitrogens with zero attached hydrogens (tertiary/aromatic N) is 1. The molecule has 3 nitrogen and oxygen atoms in total. The number of aliphatic hydroxyl groups is 1. The molecule has 22 heavy (non-hydrogen) atoms. The highest BCUT2D eigenvalue weighted by Gasteiger charge is 2.44. The molecule has 0 aromatic heterocycles. The first-order valence-electron chi connectivity index (χ1n) is 9.03. The van der Waals surface area contributed by atoms with E-state index < -0.39 is 0 Å². The lowest BCUT2D eigenvalue weighted by Gasteiger charge is -2.52. The summed E-state index contributed by atoms with van der Waals surface area (Å²) >= 11 is 0. The van der Waals surface area contributed by atoms with Crippen LogP contribution in [0.25, 0.3) is 0 Å². The minimum atomic E-state index is -0.219. The molecule has 3 saturated heterocycles. The third-order valence-corrected chi connectivity index (χ3v) is 6.40. The van der Waals surface area contributed by atoms with E-state index >= 15 is 0 Å². The topological polar surface area (TPSA) is 35.5 Å². The molecule has 1 aromatic carbocycles. The Hall–Kier alpha value is -1.06. The number of nitrogens with one attached hydrogen (secondary N) is 1. The summed E-state index contributed by atoms with van der Waals surface area (Å²) in [4.78, 5) is 2.59. The van der Waals surface area contributed by atoms with E-state index in [1.165, 1.54) is 43.6 Å². The number of hydrogen-bond donors (Lipinski definition) is 2. The van der Waals surface area contributed by atoms with Crippen molar-refractivity contribution >= 4 is 5.69 Å². The Labute approximate surface area is 133 Å². The molecule has 120 valence electrons. The second-order valence-corrected chi connectivity index (χ2v) is 7.41. The fourth-order valence-electron chi connectivity index (χ4n) is 5.12. The Morgan fingerprint density at radius 2 is 2.18 bits per heavy atom. The summed E-state index contributed by atoms with van der Waals surface area (Å²) in [7, 11) is 0. The number of para-hydroxylation sites is 1. The molecule has 0 aliphatic carbocycles.